The van der Waals surface area contributed by atoms with E-state index >= 15 is 0 Å². The first-order chi connectivity index (χ1) is 9.43. The van der Waals surface area contributed by atoms with Crippen LogP contribution >= 0.6 is 11.3 Å². The fourth-order valence-corrected chi connectivity index (χ4v) is 2.38. The number of aromatic nitrogens is 3. The van der Waals surface area contributed by atoms with Crippen LogP contribution in [0.15, 0.2) is 54.4 Å². The van der Waals surface area contributed by atoms with Crippen LogP contribution in [-0.2, 0) is 0 Å². The maximum absolute atomic E-state index is 4.60. The zero-order valence-electron chi connectivity index (χ0n) is 10.9. The fourth-order valence-electron chi connectivity index (χ4n) is 1.55. The Bertz CT molecular complexity index is 552. The van der Waals surface area contributed by atoms with Crippen LogP contribution in [0.3, 0.4) is 0 Å². The lowest BCUT2D eigenvalue weighted by molar-refractivity contribution is 1.30. The molecule has 0 radical (unpaired) electrons. The fraction of sp³-hybridized carbons (Fsp3) is 0.133. The Balaban J connectivity index is 0.000000637. The maximum Gasteiger partial charge on any atom is 0.124 e. The highest BCUT2D eigenvalue weighted by molar-refractivity contribution is 7.13. The Morgan fingerprint density at radius 2 is 1.68 bits per heavy atom. The lowest BCUT2D eigenvalue weighted by atomic mass is 10.2. The molecule has 0 fully saturated rings. The van der Waals surface area contributed by atoms with Crippen LogP contribution in [0.25, 0.3) is 21.8 Å². The number of thiazole rings is 1. The van der Waals surface area contributed by atoms with Crippen LogP contribution in [0.4, 0.5) is 0 Å². The van der Waals surface area contributed by atoms with Gasteiger partial charge in [0.1, 0.15) is 5.01 Å². The minimum Gasteiger partial charge on any atom is -0.265 e. The Kier molecular flexibility index (Phi) is 4.75. The standard InChI is InChI=1S/C13H9N3S.C2H6/c1-2-11(8-15-5-1)12-9-17-13(16-12)10-3-6-14-7-4-10;1-2/h1-9H;1-2H3. The topological polar surface area (TPSA) is 38.7 Å². The molecular weight excluding hydrogens is 254 g/mol. The summed E-state index contributed by atoms with van der Waals surface area (Å²) in [5.74, 6) is 0. The Morgan fingerprint density at radius 1 is 0.895 bits per heavy atom. The maximum atomic E-state index is 4.60. The van der Waals surface area contributed by atoms with Crippen molar-refractivity contribution in [1.29, 1.82) is 0 Å². The highest BCUT2D eigenvalue weighted by Gasteiger charge is 2.05. The molecule has 3 heterocycles. The first-order valence-corrected chi connectivity index (χ1v) is 7.08. The van der Waals surface area contributed by atoms with Crippen LogP contribution < -0.4 is 0 Å². The van der Waals surface area contributed by atoms with E-state index < -0.39 is 0 Å². The van der Waals surface area contributed by atoms with Gasteiger partial charge in [-0.15, -0.1) is 11.3 Å². The molecular formula is C15H15N3S. The van der Waals surface area contributed by atoms with Gasteiger partial charge in [-0.05, 0) is 24.3 Å². The monoisotopic (exact) mass is 269 g/mol. The summed E-state index contributed by atoms with van der Waals surface area (Å²) in [5, 5.41) is 3.05. The van der Waals surface area contributed by atoms with E-state index in [1.807, 2.05) is 49.7 Å². The molecule has 19 heavy (non-hydrogen) atoms. The van der Waals surface area contributed by atoms with E-state index in [1.54, 1.807) is 29.9 Å². The highest BCUT2D eigenvalue weighted by Crippen LogP contribution is 2.27. The van der Waals surface area contributed by atoms with E-state index in [2.05, 4.69) is 15.0 Å². The summed E-state index contributed by atoms with van der Waals surface area (Å²) >= 11 is 1.63. The van der Waals surface area contributed by atoms with Crippen molar-refractivity contribution in [3.05, 3.63) is 54.4 Å². The Morgan fingerprint density at radius 3 is 2.37 bits per heavy atom. The molecule has 0 aliphatic heterocycles. The van der Waals surface area contributed by atoms with E-state index in [0.29, 0.717) is 0 Å². The molecule has 4 heteroatoms. The minimum absolute atomic E-state index is 0.968. The van der Waals surface area contributed by atoms with E-state index in [0.717, 1.165) is 21.8 Å². The summed E-state index contributed by atoms with van der Waals surface area (Å²) in [6.45, 7) is 4.00. The lowest BCUT2D eigenvalue weighted by Gasteiger charge is -1.95. The van der Waals surface area contributed by atoms with Gasteiger partial charge >= 0.3 is 0 Å². The van der Waals surface area contributed by atoms with Crippen molar-refractivity contribution in [1.82, 2.24) is 15.0 Å². The molecule has 0 aliphatic rings. The van der Waals surface area contributed by atoms with E-state index in [9.17, 15) is 0 Å². The average molecular weight is 269 g/mol. The van der Waals surface area contributed by atoms with Gasteiger partial charge in [0.15, 0.2) is 0 Å². The third kappa shape index (κ3) is 3.23. The van der Waals surface area contributed by atoms with Gasteiger partial charge < -0.3 is 0 Å². The molecule has 0 bridgehead atoms. The molecule has 0 aromatic carbocycles. The van der Waals surface area contributed by atoms with Crippen molar-refractivity contribution in [3.8, 4) is 21.8 Å². The molecule has 3 nitrogen and oxygen atoms in total. The van der Waals surface area contributed by atoms with Crippen LogP contribution in [0, 0.1) is 0 Å². The van der Waals surface area contributed by atoms with Crippen LogP contribution in [0.5, 0.6) is 0 Å². The molecule has 0 saturated heterocycles. The van der Waals surface area contributed by atoms with Gasteiger partial charge in [0.05, 0.1) is 5.69 Å². The van der Waals surface area contributed by atoms with Crippen molar-refractivity contribution in [3.63, 3.8) is 0 Å². The molecule has 0 saturated carbocycles. The van der Waals surface area contributed by atoms with Gasteiger partial charge in [-0.25, -0.2) is 4.98 Å². The van der Waals surface area contributed by atoms with E-state index in [1.165, 1.54) is 0 Å². The van der Waals surface area contributed by atoms with Gasteiger partial charge in [-0.2, -0.15) is 0 Å². The molecule has 3 aromatic heterocycles. The van der Waals surface area contributed by atoms with Crippen LogP contribution in [-0.4, -0.2) is 15.0 Å². The SMILES string of the molecule is CC.c1cncc(-c2csc(-c3ccncc3)n2)c1. The van der Waals surface area contributed by atoms with Gasteiger partial charge in [0.2, 0.25) is 0 Å². The molecule has 96 valence electrons. The molecule has 0 spiro atoms. The zero-order chi connectivity index (χ0) is 13.5. The molecule has 0 aliphatic carbocycles. The van der Waals surface area contributed by atoms with Crippen molar-refractivity contribution in [2.45, 2.75) is 13.8 Å². The van der Waals surface area contributed by atoms with Crippen molar-refractivity contribution in [2.75, 3.05) is 0 Å². The second-order valence-electron chi connectivity index (χ2n) is 3.52. The summed E-state index contributed by atoms with van der Waals surface area (Å²) < 4.78 is 0. The van der Waals surface area contributed by atoms with Crippen LogP contribution in [0.2, 0.25) is 0 Å². The Labute approximate surface area is 117 Å². The molecule has 3 rings (SSSR count). The predicted molar refractivity (Wildman–Crippen MR) is 79.9 cm³/mol. The zero-order valence-corrected chi connectivity index (χ0v) is 11.8. The Hall–Kier alpha value is -2.07. The smallest absolute Gasteiger partial charge is 0.124 e. The normalized spacial score (nSPS) is 9.58. The third-order valence-corrected chi connectivity index (χ3v) is 3.28. The lowest BCUT2D eigenvalue weighted by Crippen LogP contribution is -1.80. The van der Waals surface area contributed by atoms with Crippen molar-refractivity contribution >= 4 is 11.3 Å². The van der Waals surface area contributed by atoms with E-state index in [-0.39, 0.29) is 0 Å². The summed E-state index contributed by atoms with van der Waals surface area (Å²) in [6, 6.07) is 7.86. The molecule has 0 unspecified atom stereocenters. The van der Waals surface area contributed by atoms with Gasteiger partial charge in [-0.1, -0.05) is 13.8 Å². The van der Waals surface area contributed by atoms with Gasteiger partial charge in [0, 0.05) is 41.3 Å². The average Bonchev–Trinajstić information content (AvgIpc) is 3.01. The second-order valence-corrected chi connectivity index (χ2v) is 4.37. The molecule has 0 N–H and O–H groups in total. The number of hydrogen-bond acceptors (Lipinski definition) is 4. The van der Waals surface area contributed by atoms with E-state index in [4.69, 9.17) is 0 Å². The van der Waals surface area contributed by atoms with Gasteiger partial charge in [0.25, 0.3) is 0 Å². The first-order valence-electron chi connectivity index (χ1n) is 6.20. The summed E-state index contributed by atoms with van der Waals surface area (Å²) in [6.07, 6.45) is 7.14. The molecule has 0 atom stereocenters. The predicted octanol–water partition coefficient (Wildman–Crippen LogP) is 4.29. The van der Waals surface area contributed by atoms with Gasteiger partial charge in [-0.3, -0.25) is 9.97 Å². The summed E-state index contributed by atoms with van der Waals surface area (Å²) in [5.41, 5.74) is 3.11. The second kappa shape index (κ2) is 6.75. The first kappa shape index (κ1) is 13.4. The third-order valence-electron chi connectivity index (χ3n) is 2.39. The number of hydrogen-bond donors (Lipinski definition) is 0. The molecule has 0 amide bonds. The molecule has 3 aromatic rings. The van der Waals surface area contributed by atoms with Crippen molar-refractivity contribution < 1.29 is 0 Å². The summed E-state index contributed by atoms with van der Waals surface area (Å²) in [7, 11) is 0. The van der Waals surface area contributed by atoms with Crippen molar-refractivity contribution in [2.24, 2.45) is 0 Å². The number of nitrogens with zero attached hydrogens (tertiary/aromatic N) is 3. The summed E-state index contributed by atoms with van der Waals surface area (Å²) in [4.78, 5) is 12.7. The number of rotatable bonds is 2. The quantitative estimate of drug-likeness (QED) is 0.696. The largest absolute Gasteiger partial charge is 0.265 e. The minimum atomic E-state index is 0.968. The van der Waals surface area contributed by atoms with Crippen LogP contribution in [0.1, 0.15) is 13.8 Å². The highest BCUT2D eigenvalue weighted by atomic mass is 32.1. The number of pyridine rings is 2.